The molecule has 5 heteroatoms. The van der Waals surface area contributed by atoms with Crippen LogP contribution in [0.25, 0.3) is 0 Å². The number of methoxy groups -OCH3 is 1. The van der Waals surface area contributed by atoms with Crippen LogP contribution < -0.4 is 15.2 Å². The highest BCUT2D eigenvalue weighted by atomic mass is 16.5. The average Bonchev–Trinajstić information content (AvgIpc) is 2.49. The zero-order valence-electron chi connectivity index (χ0n) is 13.1. The molecule has 1 rings (SSSR count). The van der Waals surface area contributed by atoms with E-state index in [-0.39, 0.29) is 0 Å². The Kier molecular flexibility index (Phi) is 9.61. The lowest BCUT2D eigenvalue weighted by Gasteiger charge is -2.15. The van der Waals surface area contributed by atoms with Gasteiger partial charge in [0.25, 0.3) is 0 Å². The minimum atomic E-state index is 0.589. The highest BCUT2D eigenvalue weighted by molar-refractivity contribution is 5.46. The van der Waals surface area contributed by atoms with Crippen LogP contribution in [-0.2, 0) is 15.9 Å². The van der Waals surface area contributed by atoms with Gasteiger partial charge in [0.05, 0.1) is 26.4 Å². The second-order valence-electron chi connectivity index (χ2n) is 4.52. The summed E-state index contributed by atoms with van der Waals surface area (Å²) in [6, 6.07) is 5.92. The first-order chi connectivity index (χ1) is 10.3. The summed E-state index contributed by atoms with van der Waals surface area (Å²) in [7, 11) is 1.66. The Balaban J connectivity index is 2.47. The molecule has 0 aliphatic heterocycles. The molecule has 21 heavy (non-hydrogen) atoms. The minimum Gasteiger partial charge on any atom is -0.490 e. The normalized spacial score (nSPS) is 10.6. The molecule has 0 aliphatic rings. The number of rotatable bonds is 12. The Labute approximate surface area is 127 Å². The van der Waals surface area contributed by atoms with Gasteiger partial charge in [-0.15, -0.1) is 0 Å². The summed E-state index contributed by atoms with van der Waals surface area (Å²) in [6.07, 6.45) is 1.60. The molecule has 120 valence electrons. The SMILES string of the molecule is CCOc1cccc(CCN)c1OCCCOCCOC. The second-order valence-corrected chi connectivity index (χ2v) is 4.52. The minimum absolute atomic E-state index is 0.589. The van der Waals surface area contributed by atoms with Crippen molar-refractivity contribution in [2.24, 2.45) is 5.73 Å². The summed E-state index contributed by atoms with van der Waals surface area (Å²) in [6.45, 7) is 5.65. The lowest BCUT2D eigenvalue weighted by molar-refractivity contribution is 0.0642. The first-order valence-electron chi connectivity index (χ1n) is 7.47. The van der Waals surface area contributed by atoms with Crippen LogP contribution in [0.3, 0.4) is 0 Å². The van der Waals surface area contributed by atoms with Crippen LogP contribution in [0.5, 0.6) is 11.5 Å². The van der Waals surface area contributed by atoms with Gasteiger partial charge < -0.3 is 24.7 Å². The topological polar surface area (TPSA) is 62.9 Å². The monoisotopic (exact) mass is 297 g/mol. The fraction of sp³-hybridized carbons (Fsp3) is 0.625. The predicted octanol–water partition coefficient (Wildman–Crippen LogP) is 2.02. The molecule has 0 radical (unpaired) electrons. The van der Waals surface area contributed by atoms with E-state index in [4.69, 9.17) is 24.7 Å². The number of hydrogen-bond acceptors (Lipinski definition) is 5. The number of nitrogens with two attached hydrogens (primary N) is 1. The summed E-state index contributed by atoms with van der Waals surface area (Å²) in [5.41, 5.74) is 6.73. The molecule has 1 aromatic carbocycles. The number of benzene rings is 1. The number of ether oxygens (including phenoxy) is 4. The number of para-hydroxylation sites is 1. The molecular formula is C16H27NO4. The summed E-state index contributed by atoms with van der Waals surface area (Å²) in [5.74, 6) is 1.59. The molecule has 2 N–H and O–H groups in total. The van der Waals surface area contributed by atoms with Crippen molar-refractivity contribution >= 4 is 0 Å². The van der Waals surface area contributed by atoms with Crippen molar-refractivity contribution in [2.75, 3.05) is 46.7 Å². The van der Waals surface area contributed by atoms with Crippen molar-refractivity contribution in [3.8, 4) is 11.5 Å². The first-order valence-corrected chi connectivity index (χ1v) is 7.47. The van der Waals surface area contributed by atoms with Crippen molar-refractivity contribution in [2.45, 2.75) is 19.8 Å². The highest BCUT2D eigenvalue weighted by Crippen LogP contribution is 2.31. The van der Waals surface area contributed by atoms with Crippen LogP contribution in [0.15, 0.2) is 18.2 Å². The van der Waals surface area contributed by atoms with Crippen LogP contribution in [0, 0.1) is 0 Å². The van der Waals surface area contributed by atoms with Crippen LogP contribution in [0.2, 0.25) is 0 Å². The summed E-state index contributed by atoms with van der Waals surface area (Å²) in [4.78, 5) is 0. The quantitative estimate of drug-likeness (QED) is 0.598. The summed E-state index contributed by atoms with van der Waals surface area (Å²) < 4.78 is 21.8. The Morgan fingerprint density at radius 3 is 2.62 bits per heavy atom. The molecule has 0 bridgehead atoms. The predicted molar refractivity (Wildman–Crippen MR) is 83.2 cm³/mol. The third kappa shape index (κ3) is 6.80. The molecule has 0 atom stereocenters. The first kappa shape index (κ1) is 17.8. The van der Waals surface area contributed by atoms with E-state index in [9.17, 15) is 0 Å². The van der Waals surface area contributed by atoms with Gasteiger partial charge in [0, 0.05) is 20.1 Å². The lowest BCUT2D eigenvalue weighted by atomic mass is 10.1. The van der Waals surface area contributed by atoms with Gasteiger partial charge in [-0.05, 0) is 31.5 Å². The Morgan fingerprint density at radius 2 is 1.90 bits per heavy atom. The molecular weight excluding hydrogens is 270 g/mol. The van der Waals surface area contributed by atoms with Crippen LogP contribution in [0.1, 0.15) is 18.9 Å². The fourth-order valence-corrected chi connectivity index (χ4v) is 1.93. The van der Waals surface area contributed by atoms with Crippen molar-refractivity contribution in [1.82, 2.24) is 0 Å². The molecule has 0 heterocycles. The van der Waals surface area contributed by atoms with Crippen molar-refractivity contribution in [3.05, 3.63) is 23.8 Å². The van der Waals surface area contributed by atoms with Gasteiger partial charge in [-0.25, -0.2) is 0 Å². The van der Waals surface area contributed by atoms with Crippen molar-refractivity contribution < 1.29 is 18.9 Å². The van der Waals surface area contributed by atoms with E-state index >= 15 is 0 Å². The Hall–Kier alpha value is -1.30. The third-order valence-electron chi connectivity index (χ3n) is 2.89. The van der Waals surface area contributed by atoms with Gasteiger partial charge in [-0.1, -0.05) is 12.1 Å². The van der Waals surface area contributed by atoms with E-state index in [1.807, 2.05) is 25.1 Å². The van der Waals surface area contributed by atoms with Crippen molar-refractivity contribution in [3.63, 3.8) is 0 Å². The molecule has 5 nitrogen and oxygen atoms in total. The third-order valence-corrected chi connectivity index (χ3v) is 2.89. The molecule has 0 fully saturated rings. The van der Waals surface area contributed by atoms with Gasteiger partial charge in [-0.2, -0.15) is 0 Å². The number of hydrogen-bond donors (Lipinski definition) is 1. The highest BCUT2D eigenvalue weighted by Gasteiger charge is 2.10. The smallest absolute Gasteiger partial charge is 0.164 e. The van der Waals surface area contributed by atoms with E-state index in [1.165, 1.54) is 0 Å². The zero-order valence-corrected chi connectivity index (χ0v) is 13.1. The maximum atomic E-state index is 5.89. The lowest BCUT2D eigenvalue weighted by Crippen LogP contribution is -2.10. The average molecular weight is 297 g/mol. The molecule has 0 aliphatic carbocycles. The van der Waals surface area contributed by atoms with E-state index in [2.05, 4.69) is 0 Å². The Morgan fingerprint density at radius 1 is 1.05 bits per heavy atom. The molecule has 0 unspecified atom stereocenters. The Bertz CT molecular complexity index is 360. The van der Waals surface area contributed by atoms with E-state index < -0.39 is 0 Å². The van der Waals surface area contributed by atoms with E-state index in [0.717, 1.165) is 29.9 Å². The van der Waals surface area contributed by atoms with E-state index in [0.29, 0.717) is 39.6 Å². The fourth-order valence-electron chi connectivity index (χ4n) is 1.93. The molecule has 0 aromatic heterocycles. The standard InChI is InChI=1S/C16H27NO4/c1-3-20-15-7-4-6-14(8-9-17)16(15)21-11-5-10-19-13-12-18-2/h4,6-7H,3,5,8-13,17H2,1-2H3. The largest absolute Gasteiger partial charge is 0.490 e. The van der Waals surface area contributed by atoms with E-state index in [1.54, 1.807) is 7.11 Å². The summed E-state index contributed by atoms with van der Waals surface area (Å²) >= 11 is 0. The van der Waals surface area contributed by atoms with Gasteiger partial charge in [0.2, 0.25) is 0 Å². The van der Waals surface area contributed by atoms with Gasteiger partial charge >= 0.3 is 0 Å². The van der Waals surface area contributed by atoms with Crippen LogP contribution >= 0.6 is 0 Å². The molecule has 0 spiro atoms. The molecule has 0 saturated carbocycles. The maximum absolute atomic E-state index is 5.89. The van der Waals surface area contributed by atoms with Crippen LogP contribution in [0.4, 0.5) is 0 Å². The molecule has 1 aromatic rings. The second kappa shape index (κ2) is 11.4. The van der Waals surface area contributed by atoms with Gasteiger partial charge in [0.15, 0.2) is 11.5 Å². The summed E-state index contributed by atoms with van der Waals surface area (Å²) in [5, 5.41) is 0. The molecule has 0 amide bonds. The van der Waals surface area contributed by atoms with Gasteiger partial charge in [0.1, 0.15) is 0 Å². The molecule has 0 saturated heterocycles. The van der Waals surface area contributed by atoms with Crippen molar-refractivity contribution in [1.29, 1.82) is 0 Å². The zero-order chi connectivity index (χ0) is 15.3. The van der Waals surface area contributed by atoms with Crippen LogP contribution in [-0.4, -0.2) is 46.7 Å². The van der Waals surface area contributed by atoms with Gasteiger partial charge in [-0.3, -0.25) is 0 Å². The maximum Gasteiger partial charge on any atom is 0.164 e.